The van der Waals surface area contributed by atoms with Crippen LogP contribution >= 0.6 is 0 Å². The van der Waals surface area contributed by atoms with Crippen LogP contribution < -0.4 is 0 Å². The molecule has 2 aromatic heterocycles. The molecule has 2 heterocycles. The van der Waals surface area contributed by atoms with Gasteiger partial charge in [-0.1, -0.05) is 36.4 Å². The minimum atomic E-state index is 1.20. The summed E-state index contributed by atoms with van der Waals surface area (Å²) in [5, 5.41) is 2.63. The summed E-state index contributed by atoms with van der Waals surface area (Å²) in [5.41, 5.74) is 7.70. The van der Waals surface area contributed by atoms with Crippen molar-refractivity contribution in [2.75, 3.05) is 0 Å². The zero-order chi connectivity index (χ0) is 14.6. The number of rotatable bonds is 1. The average Bonchev–Trinajstić information content (AvgIpc) is 2.95. The van der Waals surface area contributed by atoms with Crippen molar-refractivity contribution in [3.8, 4) is 11.3 Å². The van der Waals surface area contributed by atoms with Gasteiger partial charge in [-0.15, -0.1) is 0 Å². The van der Waals surface area contributed by atoms with Gasteiger partial charge in [-0.05, 0) is 31.5 Å². The van der Waals surface area contributed by atoms with Crippen LogP contribution in [-0.4, -0.2) is 9.55 Å². The number of H-pyrrole nitrogens is 1. The molecule has 21 heavy (non-hydrogen) atoms. The predicted octanol–water partition coefficient (Wildman–Crippen LogP) is 4.94. The Labute approximate surface area is 124 Å². The summed E-state index contributed by atoms with van der Waals surface area (Å²) in [6.07, 6.45) is 0. The highest BCUT2D eigenvalue weighted by Crippen LogP contribution is 2.38. The number of aromatic amines is 1. The van der Waals surface area contributed by atoms with E-state index >= 15 is 0 Å². The maximum Gasteiger partial charge on any atom is 0.0542 e. The molecular weight excluding hydrogens is 256 g/mol. The number of hydrogen-bond donors (Lipinski definition) is 1. The third-order valence-electron chi connectivity index (χ3n) is 4.49. The van der Waals surface area contributed by atoms with E-state index in [4.69, 9.17) is 0 Å². The monoisotopic (exact) mass is 274 g/mol. The molecule has 0 unspecified atom stereocenters. The summed E-state index contributed by atoms with van der Waals surface area (Å²) < 4.78 is 2.31. The first kappa shape index (κ1) is 12.3. The largest absolute Gasteiger partial charge is 0.358 e. The minimum absolute atomic E-state index is 1.20. The molecule has 0 spiro atoms. The lowest BCUT2D eigenvalue weighted by molar-refractivity contribution is 0.973. The second-order valence-electron chi connectivity index (χ2n) is 5.72. The van der Waals surface area contributed by atoms with E-state index in [9.17, 15) is 0 Å². The van der Waals surface area contributed by atoms with Crippen LogP contribution in [0.15, 0.2) is 48.5 Å². The Bertz CT molecular complexity index is 931. The van der Waals surface area contributed by atoms with Crippen molar-refractivity contribution in [3.05, 3.63) is 59.8 Å². The Hall–Kier alpha value is -2.48. The lowest BCUT2D eigenvalue weighted by Gasteiger charge is -2.06. The summed E-state index contributed by atoms with van der Waals surface area (Å²) >= 11 is 0. The van der Waals surface area contributed by atoms with E-state index in [-0.39, 0.29) is 0 Å². The highest BCUT2D eigenvalue weighted by atomic mass is 15.0. The number of aromatic nitrogens is 2. The first-order valence-corrected chi connectivity index (χ1v) is 7.30. The Morgan fingerprint density at radius 1 is 0.857 bits per heavy atom. The van der Waals surface area contributed by atoms with Crippen LogP contribution in [-0.2, 0) is 7.05 Å². The zero-order valence-corrected chi connectivity index (χ0v) is 12.6. The number of aryl methyl sites for hydroxylation is 3. The molecular formula is C19H18N2. The maximum absolute atomic E-state index is 3.51. The molecule has 0 amide bonds. The summed E-state index contributed by atoms with van der Waals surface area (Å²) in [6, 6.07) is 17.1. The molecule has 0 atom stereocenters. The highest BCUT2D eigenvalue weighted by Gasteiger charge is 2.18. The first-order chi connectivity index (χ1) is 10.2. The highest BCUT2D eigenvalue weighted by molar-refractivity contribution is 6.01. The molecule has 0 saturated carbocycles. The Kier molecular flexibility index (Phi) is 2.49. The molecule has 0 radical (unpaired) electrons. The van der Waals surface area contributed by atoms with Gasteiger partial charge in [-0.3, -0.25) is 0 Å². The van der Waals surface area contributed by atoms with Crippen molar-refractivity contribution < 1.29 is 0 Å². The smallest absolute Gasteiger partial charge is 0.0542 e. The van der Waals surface area contributed by atoms with Gasteiger partial charge in [0.1, 0.15) is 0 Å². The topological polar surface area (TPSA) is 20.7 Å². The number of nitrogens with zero attached hydrogens (tertiary/aromatic N) is 1. The second kappa shape index (κ2) is 4.26. The van der Waals surface area contributed by atoms with Gasteiger partial charge >= 0.3 is 0 Å². The minimum Gasteiger partial charge on any atom is -0.358 e. The van der Waals surface area contributed by atoms with Crippen molar-refractivity contribution in [1.29, 1.82) is 0 Å². The predicted molar refractivity (Wildman–Crippen MR) is 89.7 cm³/mol. The number of fused-ring (bicyclic) bond motifs is 2. The molecule has 2 aromatic carbocycles. The standard InChI is InChI=1S/C19H18N2/c1-12-14-8-5-7-11-17(14)21(3)19(12)18-13(2)20-16-10-6-4-9-15(16)18/h4-11,20H,1-3H3. The van der Waals surface area contributed by atoms with Gasteiger partial charge < -0.3 is 9.55 Å². The molecule has 2 heteroatoms. The van der Waals surface area contributed by atoms with Gasteiger partial charge in [0.05, 0.1) is 5.69 Å². The third kappa shape index (κ3) is 1.59. The second-order valence-corrected chi connectivity index (χ2v) is 5.72. The van der Waals surface area contributed by atoms with Crippen LogP contribution in [0.4, 0.5) is 0 Å². The fraction of sp³-hybridized carbons (Fsp3) is 0.158. The molecule has 2 nitrogen and oxygen atoms in total. The quantitative estimate of drug-likeness (QED) is 0.507. The Morgan fingerprint density at radius 3 is 2.29 bits per heavy atom. The van der Waals surface area contributed by atoms with E-state index in [0.29, 0.717) is 0 Å². The van der Waals surface area contributed by atoms with E-state index in [1.54, 1.807) is 0 Å². The Morgan fingerprint density at radius 2 is 1.52 bits per heavy atom. The average molecular weight is 274 g/mol. The molecule has 0 saturated heterocycles. The zero-order valence-electron chi connectivity index (χ0n) is 12.6. The number of para-hydroxylation sites is 2. The lowest BCUT2D eigenvalue weighted by Crippen LogP contribution is -1.93. The van der Waals surface area contributed by atoms with E-state index in [2.05, 4.69) is 79.0 Å². The number of nitrogens with one attached hydrogen (secondary N) is 1. The fourth-order valence-corrected chi connectivity index (χ4v) is 3.52. The molecule has 0 aliphatic rings. The van der Waals surface area contributed by atoms with Crippen LogP contribution in [0, 0.1) is 13.8 Å². The molecule has 1 N–H and O–H groups in total. The van der Waals surface area contributed by atoms with Crippen LogP contribution in [0.25, 0.3) is 33.1 Å². The number of benzene rings is 2. The molecule has 0 aliphatic heterocycles. The molecule has 0 aliphatic carbocycles. The van der Waals surface area contributed by atoms with Gasteiger partial charge in [0.15, 0.2) is 0 Å². The summed E-state index contributed by atoms with van der Waals surface area (Å²) in [7, 11) is 2.16. The van der Waals surface area contributed by atoms with E-state index < -0.39 is 0 Å². The van der Waals surface area contributed by atoms with Gasteiger partial charge in [0.2, 0.25) is 0 Å². The van der Waals surface area contributed by atoms with Crippen molar-refractivity contribution in [2.45, 2.75) is 13.8 Å². The van der Waals surface area contributed by atoms with Gasteiger partial charge in [0, 0.05) is 40.1 Å². The van der Waals surface area contributed by atoms with E-state index in [1.807, 2.05) is 0 Å². The van der Waals surface area contributed by atoms with Crippen LogP contribution in [0.3, 0.4) is 0 Å². The fourth-order valence-electron chi connectivity index (χ4n) is 3.52. The molecule has 0 bridgehead atoms. The molecule has 4 aromatic rings. The van der Waals surface area contributed by atoms with Crippen molar-refractivity contribution in [3.63, 3.8) is 0 Å². The van der Waals surface area contributed by atoms with Crippen molar-refractivity contribution in [1.82, 2.24) is 9.55 Å². The normalized spacial score (nSPS) is 11.6. The van der Waals surface area contributed by atoms with Crippen LogP contribution in [0.2, 0.25) is 0 Å². The molecule has 0 fully saturated rings. The SMILES string of the molecule is Cc1[nH]c2ccccc2c1-c1c(C)c2ccccc2n1C. The lowest BCUT2D eigenvalue weighted by atomic mass is 10.0. The van der Waals surface area contributed by atoms with Crippen LogP contribution in [0.1, 0.15) is 11.3 Å². The number of hydrogen-bond acceptors (Lipinski definition) is 0. The van der Waals surface area contributed by atoms with Crippen LogP contribution in [0.5, 0.6) is 0 Å². The molecule has 4 rings (SSSR count). The first-order valence-electron chi connectivity index (χ1n) is 7.30. The van der Waals surface area contributed by atoms with Crippen molar-refractivity contribution in [2.24, 2.45) is 7.05 Å². The summed E-state index contributed by atoms with van der Waals surface area (Å²) in [5.74, 6) is 0. The third-order valence-corrected chi connectivity index (χ3v) is 4.49. The van der Waals surface area contributed by atoms with E-state index in [0.717, 1.165) is 0 Å². The Balaban J connectivity index is 2.17. The molecule has 104 valence electrons. The van der Waals surface area contributed by atoms with Gasteiger partial charge in [-0.25, -0.2) is 0 Å². The van der Waals surface area contributed by atoms with Crippen molar-refractivity contribution >= 4 is 21.8 Å². The maximum atomic E-state index is 3.51. The van der Waals surface area contributed by atoms with E-state index in [1.165, 1.54) is 44.3 Å². The van der Waals surface area contributed by atoms with Gasteiger partial charge in [-0.2, -0.15) is 0 Å². The summed E-state index contributed by atoms with van der Waals surface area (Å²) in [6.45, 7) is 4.38. The van der Waals surface area contributed by atoms with Gasteiger partial charge in [0.25, 0.3) is 0 Å². The summed E-state index contributed by atoms with van der Waals surface area (Å²) in [4.78, 5) is 3.51.